The molecule has 1 aliphatic heterocycles. The molecule has 1 aliphatic rings. The van der Waals surface area contributed by atoms with E-state index in [1.165, 1.54) is 7.11 Å². The minimum atomic E-state index is -0.208. The van der Waals surface area contributed by atoms with E-state index in [0.29, 0.717) is 12.5 Å². The number of carbonyl (C=O) groups is 1. The summed E-state index contributed by atoms with van der Waals surface area (Å²) in [6, 6.07) is 10.6. The second kappa shape index (κ2) is 7.80. The summed E-state index contributed by atoms with van der Waals surface area (Å²) >= 11 is 0. The number of esters is 1. The molecule has 6 nitrogen and oxygen atoms in total. The molecule has 1 saturated heterocycles. The lowest BCUT2D eigenvalue weighted by molar-refractivity contribution is -0.141. The van der Waals surface area contributed by atoms with Crippen LogP contribution in [0.3, 0.4) is 0 Å². The van der Waals surface area contributed by atoms with Gasteiger partial charge in [-0.1, -0.05) is 12.1 Å². The van der Waals surface area contributed by atoms with Gasteiger partial charge in [-0.25, -0.2) is 4.68 Å². The number of nitrogens with one attached hydrogen (secondary N) is 2. The van der Waals surface area contributed by atoms with Gasteiger partial charge >= 0.3 is 5.97 Å². The molecule has 1 fully saturated rings. The molecule has 2 N–H and O–H groups in total. The predicted octanol–water partition coefficient (Wildman–Crippen LogP) is 2.04. The standard InChI is InChI=1S/C19H26N4O2/c1-13-9-14(2)23(22-13)17-6-4-5-15(10-17)18(11-19(24)25-3)21-16-7-8-20-12-16/h4-6,9-10,16,18,20-21H,7-8,11-12H2,1-3H3/t16-,18?/m0/s1. The van der Waals surface area contributed by atoms with Crippen LogP contribution in [0, 0.1) is 13.8 Å². The SMILES string of the molecule is COC(=O)CC(N[C@H]1CCNC1)c1cccc(-n2nc(C)cc2C)c1. The highest BCUT2D eigenvalue weighted by Gasteiger charge is 2.23. The molecule has 0 spiro atoms. The first kappa shape index (κ1) is 17.6. The zero-order valence-corrected chi connectivity index (χ0v) is 15.1. The Labute approximate surface area is 148 Å². The van der Waals surface area contributed by atoms with Crippen molar-refractivity contribution in [2.45, 2.75) is 38.8 Å². The third kappa shape index (κ3) is 4.27. The average Bonchev–Trinajstić information content (AvgIpc) is 3.23. The quantitative estimate of drug-likeness (QED) is 0.787. The van der Waals surface area contributed by atoms with Crippen LogP contribution in [-0.4, -0.2) is 42.0 Å². The number of aryl methyl sites for hydroxylation is 2. The fourth-order valence-electron chi connectivity index (χ4n) is 3.37. The fourth-order valence-corrected chi connectivity index (χ4v) is 3.37. The van der Waals surface area contributed by atoms with E-state index in [9.17, 15) is 4.79 Å². The molecule has 0 amide bonds. The molecule has 3 rings (SSSR count). The molecule has 6 heteroatoms. The van der Waals surface area contributed by atoms with Crippen molar-refractivity contribution in [2.24, 2.45) is 0 Å². The minimum absolute atomic E-state index is 0.0748. The van der Waals surface area contributed by atoms with Crippen molar-refractivity contribution < 1.29 is 9.53 Å². The Bertz CT molecular complexity index is 735. The summed E-state index contributed by atoms with van der Waals surface area (Å²) < 4.78 is 6.83. The summed E-state index contributed by atoms with van der Waals surface area (Å²) in [5, 5.41) is 11.5. The summed E-state index contributed by atoms with van der Waals surface area (Å²) in [6.45, 7) is 5.96. The summed E-state index contributed by atoms with van der Waals surface area (Å²) in [7, 11) is 1.43. The molecule has 0 radical (unpaired) electrons. The van der Waals surface area contributed by atoms with Crippen LogP contribution in [0.15, 0.2) is 30.3 Å². The van der Waals surface area contributed by atoms with E-state index in [1.54, 1.807) is 0 Å². The number of benzene rings is 1. The highest BCUT2D eigenvalue weighted by molar-refractivity contribution is 5.70. The van der Waals surface area contributed by atoms with E-state index < -0.39 is 0 Å². The van der Waals surface area contributed by atoms with E-state index in [1.807, 2.05) is 30.7 Å². The minimum Gasteiger partial charge on any atom is -0.469 e. The first-order valence-electron chi connectivity index (χ1n) is 8.74. The lowest BCUT2D eigenvalue weighted by Gasteiger charge is -2.23. The van der Waals surface area contributed by atoms with Gasteiger partial charge in [0.2, 0.25) is 0 Å². The molecule has 2 atom stereocenters. The van der Waals surface area contributed by atoms with Crippen molar-refractivity contribution >= 4 is 5.97 Å². The zero-order chi connectivity index (χ0) is 17.8. The van der Waals surface area contributed by atoms with E-state index in [4.69, 9.17) is 4.74 Å². The summed E-state index contributed by atoms with van der Waals surface area (Å²) in [6.07, 6.45) is 1.38. The van der Waals surface area contributed by atoms with Crippen molar-refractivity contribution in [3.8, 4) is 5.69 Å². The third-order valence-electron chi connectivity index (χ3n) is 4.62. The number of methoxy groups -OCH3 is 1. The second-order valence-electron chi connectivity index (χ2n) is 6.62. The van der Waals surface area contributed by atoms with Crippen LogP contribution in [0.1, 0.15) is 35.8 Å². The van der Waals surface area contributed by atoms with E-state index >= 15 is 0 Å². The van der Waals surface area contributed by atoms with Gasteiger partial charge in [0.05, 0.1) is 24.9 Å². The molecule has 0 aliphatic carbocycles. The monoisotopic (exact) mass is 342 g/mol. The molecule has 2 aromatic rings. The summed E-state index contributed by atoms with van der Waals surface area (Å²) in [5.74, 6) is -0.208. The van der Waals surface area contributed by atoms with Crippen LogP contribution >= 0.6 is 0 Å². The normalized spacial score (nSPS) is 18.3. The maximum absolute atomic E-state index is 11.9. The summed E-state index contributed by atoms with van der Waals surface area (Å²) in [4.78, 5) is 11.9. The third-order valence-corrected chi connectivity index (χ3v) is 4.62. The maximum atomic E-state index is 11.9. The lowest BCUT2D eigenvalue weighted by atomic mass is 10.0. The highest BCUT2D eigenvalue weighted by Crippen LogP contribution is 2.23. The number of nitrogens with zero attached hydrogens (tertiary/aromatic N) is 2. The van der Waals surface area contributed by atoms with Crippen LogP contribution in [0.25, 0.3) is 5.69 Å². The Balaban J connectivity index is 1.87. The van der Waals surface area contributed by atoms with Crippen LogP contribution in [-0.2, 0) is 9.53 Å². The molecular weight excluding hydrogens is 316 g/mol. The van der Waals surface area contributed by atoms with Gasteiger partial charge in [-0.2, -0.15) is 5.10 Å². The molecular formula is C19H26N4O2. The van der Waals surface area contributed by atoms with Crippen molar-refractivity contribution in [2.75, 3.05) is 20.2 Å². The Kier molecular flexibility index (Phi) is 5.50. The lowest BCUT2D eigenvalue weighted by Crippen LogP contribution is -2.35. The average molecular weight is 342 g/mol. The van der Waals surface area contributed by atoms with Gasteiger partial charge in [-0.3, -0.25) is 4.79 Å². The van der Waals surface area contributed by atoms with Crippen LogP contribution in [0.2, 0.25) is 0 Å². The van der Waals surface area contributed by atoms with Crippen molar-refractivity contribution in [3.63, 3.8) is 0 Å². The molecule has 1 aromatic carbocycles. The summed E-state index contributed by atoms with van der Waals surface area (Å²) in [5.41, 5.74) is 4.16. The first-order valence-corrected chi connectivity index (χ1v) is 8.74. The molecule has 0 bridgehead atoms. The fraction of sp³-hybridized carbons (Fsp3) is 0.474. The smallest absolute Gasteiger partial charge is 0.307 e. The number of carbonyl (C=O) groups excluding carboxylic acids is 1. The number of hydrogen-bond donors (Lipinski definition) is 2. The Hall–Kier alpha value is -2.18. The van der Waals surface area contributed by atoms with Gasteiger partial charge in [0, 0.05) is 24.3 Å². The molecule has 2 heterocycles. The van der Waals surface area contributed by atoms with E-state index in [0.717, 1.165) is 42.1 Å². The van der Waals surface area contributed by atoms with Crippen LogP contribution in [0.4, 0.5) is 0 Å². The zero-order valence-electron chi connectivity index (χ0n) is 15.1. The topological polar surface area (TPSA) is 68.2 Å². The number of aromatic nitrogens is 2. The molecule has 1 aromatic heterocycles. The van der Waals surface area contributed by atoms with Crippen molar-refractivity contribution in [3.05, 3.63) is 47.3 Å². The van der Waals surface area contributed by atoms with Gasteiger partial charge < -0.3 is 15.4 Å². The Morgan fingerprint density at radius 2 is 2.28 bits per heavy atom. The van der Waals surface area contributed by atoms with Crippen LogP contribution < -0.4 is 10.6 Å². The Morgan fingerprint density at radius 3 is 2.92 bits per heavy atom. The van der Waals surface area contributed by atoms with E-state index in [2.05, 4.69) is 33.9 Å². The maximum Gasteiger partial charge on any atom is 0.307 e. The Morgan fingerprint density at radius 1 is 1.44 bits per heavy atom. The van der Waals surface area contributed by atoms with Gasteiger partial charge in [0.15, 0.2) is 0 Å². The largest absolute Gasteiger partial charge is 0.469 e. The van der Waals surface area contributed by atoms with Gasteiger partial charge in [-0.05, 0) is 50.6 Å². The van der Waals surface area contributed by atoms with E-state index in [-0.39, 0.29) is 12.0 Å². The highest BCUT2D eigenvalue weighted by atomic mass is 16.5. The predicted molar refractivity (Wildman–Crippen MR) is 96.8 cm³/mol. The van der Waals surface area contributed by atoms with Gasteiger partial charge in [-0.15, -0.1) is 0 Å². The molecule has 1 unspecified atom stereocenters. The van der Waals surface area contributed by atoms with Crippen molar-refractivity contribution in [1.82, 2.24) is 20.4 Å². The number of ether oxygens (including phenoxy) is 1. The van der Waals surface area contributed by atoms with Crippen LogP contribution in [0.5, 0.6) is 0 Å². The van der Waals surface area contributed by atoms with Gasteiger partial charge in [0.25, 0.3) is 0 Å². The van der Waals surface area contributed by atoms with Gasteiger partial charge in [0.1, 0.15) is 0 Å². The molecule has 134 valence electrons. The number of rotatable bonds is 6. The van der Waals surface area contributed by atoms with Crippen molar-refractivity contribution in [1.29, 1.82) is 0 Å². The molecule has 25 heavy (non-hydrogen) atoms. The number of hydrogen-bond acceptors (Lipinski definition) is 5. The molecule has 0 saturated carbocycles. The second-order valence-corrected chi connectivity index (χ2v) is 6.62. The first-order chi connectivity index (χ1) is 12.1.